The van der Waals surface area contributed by atoms with Gasteiger partial charge in [0, 0.05) is 116 Å². The standard InChI is InChI=1S/C42H53N6O6.C9H18N2S.CH4O.W/c1-8-47-36-14-13-29(22-33(36)34(23-42(5,6)24-54-27(4)49)39(47)32-12-11-15-43-38(32)26(3)53-7)30-18-28(19-31(50)21-30)20-35(46-40(51)37-25(2)45-37)41(52)48-17-10-9-16-44-48;1-10(2)6-5-9-12-11-7-3-4-8-11;1-2;/h11-15,18-19,21-22,25-26,35,37,44,50H,8-10,16-17,20,23-24H2,1-7H3,(H,46,51);5,9H,3-4,6-8H2,1-2H3;2H,1H3;/q-1;;;/b;9-5+;;. The van der Waals surface area contributed by atoms with Crippen molar-refractivity contribution >= 4 is 40.6 Å². The number of esters is 1. The molecular weight excluding hydrogens is 1060 g/mol. The number of methoxy groups -OCH3 is 1. The molecule has 3 fully saturated rings. The molecule has 2 aromatic carbocycles. The van der Waals surface area contributed by atoms with Crippen molar-refractivity contribution in [2.24, 2.45) is 5.41 Å². The largest absolute Gasteiger partial charge is 0.651 e. The van der Waals surface area contributed by atoms with E-state index in [0.29, 0.717) is 31.6 Å². The molecule has 4 atom stereocenters. The minimum atomic E-state index is -0.835. The molecule has 4 aromatic rings. The quantitative estimate of drug-likeness (QED) is 0.0436. The number of aromatic nitrogens is 2. The maximum absolute atomic E-state index is 13.8. The van der Waals surface area contributed by atoms with Crippen LogP contribution in [-0.2, 0) is 64.3 Å². The van der Waals surface area contributed by atoms with Gasteiger partial charge in [0.1, 0.15) is 11.8 Å². The number of ether oxygens (including phenoxy) is 2. The molecule has 2 amide bonds. The number of aliphatic hydroxyl groups excluding tert-OH is 1. The van der Waals surface area contributed by atoms with Crippen molar-refractivity contribution in [1.29, 1.82) is 0 Å². The molecule has 0 spiro atoms. The summed E-state index contributed by atoms with van der Waals surface area (Å²) >= 11 is 1.85. The van der Waals surface area contributed by atoms with Crippen LogP contribution >= 0.6 is 11.9 Å². The molecule has 17 heteroatoms. The Morgan fingerprint density at radius 2 is 1.77 bits per heavy atom. The van der Waals surface area contributed by atoms with Gasteiger partial charge in [-0.15, -0.1) is 6.04 Å². The number of nitrogens with one attached hydrogen (secondary N) is 2. The number of rotatable bonds is 18. The van der Waals surface area contributed by atoms with Gasteiger partial charge in [-0.25, -0.2) is 9.73 Å². The number of hydrazine groups is 1. The topological polar surface area (TPSA) is 176 Å². The molecule has 69 heavy (non-hydrogen) atoms. The van der Waals surface area contributed by atoms with E-state index in [4.69, 9.17) is 19.6 Å². The number of aryl methyl sites for hydroxylation is 1. The second-order valence-corrected chi connectivity index (χ2v) is 19.7. The molecule has 5 heterocycles. The Morgan fingerprint density at radius 1 is 1.06 bits per heavy atom. The van der Waals surface area contributed by atoms with Crippen molar-refractivity contribution in [3.8, 4) is 28.1 Å². The Morgan fingerprint density at radius 3 is 2.39 bits per heavy atom. The van der Waals surface area contributed by atoms with Crippen molar-refractivity contribution in [1.82, 2.24) is 34.5 Å². The maximum atomic E-state index is 13.8. The number of hydrogen-bond donors (Lipinski definition) is 4. The van der Waals surface area contributed by atoms with Crippen LogP contribution in [0.25, 0.3) is 38.6 Å². The number of likely N-dealkylation sites (N-methyl/N-ethyl adjacent to an activating group) is 1. The number of phenolic OH excluding ortho intramolecular Hbond substituents is 1. The molecule has 3 aliphatic rings. The molecular formula is C52H75N8O7SW-. The first-order chi connectivity index (χ1) is 32.6. The summed E-state index contributed by atoms with van der Waals surface area (Å²) in [7, 11) is 6.85. The maximum Gasteiger partial charge on any atom is 0.302 e. The third-order valence-electron chi connectivity index (χ3n) is 12.3. The minimum absolute atomic E-state index is 0. The second kappa shape index (κ2) is 27.5. The van der Waals surface area contributed by atoms with Gasteiger partial charge in [-0.05, 0) is 124 Å². The number of benzene rings is 2. The summed E-state index contributed by atoms with van der Waals surface area (Å²) in [6.07, 6.45) is 9.13. The third kappa shape index (κ3) is 16.2. The van der Waals surface area contributed by atoms with Crippen LogP contribution in [0.2, 0.25) is 0 Å². The molecule has 3 aliphatic heterocycles. The molecule has 3 saturated heterocycles. The van der Waals surface area contributed by atoms with E-state index in [-0.39, 0.29) is 69.8 Å². The van der Waals surface area contributed by atoms with E-state index in [0.717, 1.165) is 71.0 Å². The number of carbonyl (C=O) groups is 3. The van der Waals surface area contributed by atoms with Gasteiger partial charge in [0.25, 0.3) is 5.91 Å². The van der Waals surface area contributed by atoms with Gasteiger partial charge in [-0.3, -0.25) is 24.4 Å². The van der Waals surface area contributed by atoms with Crippen molar-refractivity contribution in [2.45, 2.75) is 111 Å². The average molecular weight is 1140 g/mol. The number of pyridine rings is 1. The monoisotopic (exact) mass is 1140 g/mol. The number of nitrogens with zero attached hydrogens (tertiary/aromatic N) is 6. The fourth-order valence-electron chi connectivity index (χ4n) is 8.68. The third-order valence-corrected chi connectivity index (χ3v) is 13.2. The first-order valence-electron chi connectivity index (χ1n) is 23.9. The number of aliphatic hydroxyl groups is 1. The molecule has 4 unspecified atom stereocenters. The summed E-state index contributed by atoms with van der Waals surface area (Å²) in [5, 5.41) is 30.1. The molecule has 2 aromatic heterocycles. The van der Waals surface area contributed by atoms with E-state index in [2.05, 4.69) is 94.4 Å². The first kappa shape index (κ1) is 57.5. The van der Waals surface area contributed by atoms with Gasteiger partial charge < -0.3 is 39.8 Å². The van der Waals surface area contributed by atoms with Gasteiger partial charge in [-0.1, -0.05) is 57.0 Å². The molecule has 0 bridgehead atoms. The summed E-state index contributed by atoms with van der Waals surface area (Å²) in [4.78, 5) is 45.6. The molecule has 0 aliphatic carbocycles. The van der Waals surface area contributed by atoms with Gasteiger partial charge in [0.2, 0.25) is 5.91 Å². The molecule has 4 N–H and O–H groups in total. The van der Waals surface area contributed by atoms with E-state index in [1.807, 2.05) is 44.0 Å². The fourth-order valence-corrected chi connectivity index (χ4v) is 9.49. The van der Waals surface area contributed by atoms with Crippen LogP contribution in [0.5, 0.6) is 5.75 Å². The zero-order chi connectivity index (χ0) is 49.5. The van der Waals surface area contributed by atoms with Crippen LogP contribution in [0.3, 0.4) is 0 Å². The number of amides is 2. The summed E-state index contributed by atoms with van der Waals surface area (Å²) in [5.74, 6) is -0.738. The summed E-state index contributed by atoms with van der Waals surface area (Å²) in [6.45, 7) is 17.4. The zero-order valence-electron chi connectivity index (χ0n) is 42.3. The summed E-state index contributed by atoms with van der Waals surface area (Å²) in [6, 6.07) is 14.3. The molecule has 7 rings (SSSR count). The summed E-state index contributed by atoms with van der Waals surface area (Å²) in [5.41, 5.74) is 10.1. The molecule has 0 saturated carbocycles. The van der Waals surface area contributed by atoms with Crippen LogP contribution in [0.4, 0.5) is 0 Å². The van der Waals surface area contributed by atoms with Gasteiger partial charge >= 0.3 is 5.97 Å². The minimum Gasteiger partial charge on any atom is -0.651 e. The molecule has 0 radical (unpaired) electrons. The second-order valence-electron chi connectivity index (χ2n) is 18.7. The Kier molecular flexibility index (Phi) is 22.9. The van der Waals surface area contributed by atoms with E-state index in [1.165, 1.54) is 32.9 Å². The van der Waals surface area contributed by atoms with Gasteiger partial charge in [-0.2, -0.15) is 0 Å². The smallest absolute Gasteiger partial charge is 0.302 e. The Balaban J connectivity index is 0.000000599. The predicted molar refractivity (Wildman–Crippen MR) is 273 cm³/mol. The van der Waals surface area contributed by atoms with E-state index >= 15 is 0 Å². The number of carbonyl (C=O) groups excluding carboxylic acids is 3. The first-order valence-corrected chi connectivity index (χ1v) is 24.7. The number of aromatic hydroxyl groups is 1. The van der Waals surface area contributed by atoms with Gasteiger partial charge in [0.05, 0.1) is 24.1 Å². The average Bonchev–Trinajstić information content (AvgIpc) is 3.69. The fraction of sp³-hybridized carbons (Fsp3) is 0.538. The van der Waals surface area contributed by atoms with E-state index in [9.17, 15) is 19.5 Å². The van der Waals surface area contributed by atoms with Crippen LogP contribution in [0.1, 0.15) is 90.2 Å². The molecule has 15 nitrogen and oxygen atoms in total. The Bertz CT molecular complexity index is 2330. The van der Waals surface area contributed by atoms with Crippen molar-refractivity contribution in [3.63, 3.8) is 0 Å². The van der Waals surface area contributed by atoms with Crippen molar-refractivity contribution in [2.75, 3.05) is 67.6 Å². The Labute approximate surface area is 428 Å². The van der Waals surface area contributed by atoms with Gasteiger partial charge in [0.15, 0.2) is 0 Å². The predicted octanol–water partition coefficient (Wildman–Crippen LogP) is 7.65. The number of fused-ring (bicyclic) bond motifs is 1. The van der Waals surface area contributed by atoms with Crippen LogP contribution in [0, 0.1) is 5.41 Å². The number of hydrogen-bond acceptors (Lipinski definition) is 12. The van der Waals surface area contributed by atoms with Crippen molar-refractivity contribution in [3.05, 3.63) is 88.3 Å². The SMILES string of the molecule is CCn1c(-c2cccnc2C(C)OC)c(CC(C)(C)COC(C)=O)c2cc(-c3cc(O)cc(CC(NC(=O)C4[N-]C4C)C(=O)N4CCCCN4)c3)ccc21.CN(C)C/C=C/SN1CCCC1.CO.[W]. The van der Waals surface area contributed by atoms with E-state index in [1.54, 1.807) is 30.4 Å². The Hall–Kier alpha value is -4.12. The normalized spacial score (nSPS) is 17.9. The molecule has 378 valence electrons. The van der Waals surface area contributed by atoms with Crippen LogP contribution in [0.15, 0.2) is 66.2 Å². The van der Waals surface area contributed by atoms with Crippen molar-refractivity contribution < 1.29 is 55.1 Å². The van der Waals surface area contributed by atoms with Crippen LogP contribution in [-0.4, -0.2) is 138 Å². The number of phenols is 1. The van der Waals surface area contributed by atoms with Crippen LogP contribution < -0.4 is 10.7 Å². The zero-order valence-corrected chi connectivity index (χ0v) is 46.0. The summed E-state index contributed by atoms with van der Waals surface area (Å²) < 4.78 is 16.0. The van der Waals surface area contributed by atoms with E-state index < -0.39 is 17.5 Å².